The first-order chi connectivity index (χ1) is 21.4. The number of carbonyl (C=O) groups is 1. The van der Waals surface area contributed by atoms with Gasteiger partial charge in [0.2, 0.25) is 5.91 Å². The van der Waals surface area contributed by atoms with Gasteiger partial charge in [0.1, 0.15) is 11.6 Å². The van der Waals surface area contributed by atoms with Gasteiger partial charge in [-0.25, -0.2) is 22.5 Å². The summed E-state index contributed by atoms with van der Waals surface area (Å²) in [6, 6.07) is 11.7. The summed E-state index contributed by atoms with van der Waals surface area (Å²) in [5.41, 5.74) is 2.48. The fraction of sp³-hybridized carbons (Fsp3) is 0.406. The predicted octanol–water partition coefficient (Wildman–Crippen LogP) is 5.97. The highest BCUT2D eigenvalue weighted by molar-refractivity contribution is 7.90. The molecule has 2 aliphatic heterocycles. The molecule has 0 radical (unpaired) electrons. The van der Waals surface area contributed by atoms with E-state index in [0.717, 1.165) is 60.7 Å². The number of carbonyl (C=O) groups excluding carboxylic acids is 1. The fourth-order valence-corrected chi connectivity index (χ4v) is 7.16. The van der Waals surface area contributed by atoms with Crippen LogP contribution in [0.4, 0.5) is 29.1 Å². The third-order valence-corrected chi connectivity index (χ3v) is 10.0. The molecule has 0 spiro atoms. The molecule has 2 fully saturated rings. The number of nitrogens with zero attached hydrogens (tertiary/aromatic N) is 3. The molecule has 0 bridgehead atoms. The van der Waals surface area contributed by atoms with Crippen LogP contribution in [0.2, 0.25) is 0 Å². The van der Waals surface area contributed by atoms with Gasteiger partial charge in [-0.2, -0.15) is 13.2 Å². The Morgan fingerprint density at radius 2 is 1.60 bits per heavy atom. The second kappa shape index (κ2) is 12.5. The summed E-state index contributed by atoms with van der Waals surface area (Å²) in [7, 11) is -4.28. The van der Waals surface area contributed by atoms with E-state index in [0.29, 0.717) is 49.9 Å². The standard InChI is InChI=1S/C32H32F4N4O4S/c33-24-7-1-21-17-28(38-29(21)18-24)22-4-12-30(37-19-22)40-15-13-26(14-16-40)44-25-8-2-20(3-9-25)31(41)39-45(42,43)27-10-5-23(6-11-27)32(34,35)36/h1,4-7,10-12,18-20,25-26H,2-3,8-9,13-17H2,(H,39,41). The minimum Gasteiger partial charge on any atom is -0.375 e. The SMILES string of the molecule is O=C(NS(=O)(=O)c1ccc(C(F)(F)F)cc1)C1CCC(OC2CCN(c3ccc(C4=Nc5cc(F)ccc5C4)cn3)CC2)CC1. The van der Waals surface area contributed by atoms with E-state index in [1.54, 1.807) is 6.07 Å². The van der Waals surface area contributed by atoms with E-state index in [4.69, 9.17) is 4.74 Å². The van der Waals surface area contributed by atoms with Crippen LogP contribution in [-0.2, 0) is 32.2 Å². The van der Waals surface area contributed by atoms with Crippen molar-refractivity contribution in [2.75, 3.05) is 18.0 Å². The third kappa shape index (κ3) is 7.19. The molecule has 1 saturated heterocycles. The van der Waals surface area contributed by atoms with Crippen LogP contribution in [0.5, 0.6) is 0 Å². The van der Waals surface area contributed by atoms with Crippen molar-refractivity contribution in [1.82, 2.24) is 9.71 Å². The number of aromatic nitrogens is 1. The summed E-state index contributed by atoms with van der Waals surface area (Å²) >= 11 is 0. The molecule has 1 amide bonds. The highest BCUT2D eigenvalue weighted by Gasteiger charge is 2.33. The molecule has 3 aromatic rings. The molecule has 1 aromatic heterocycles. The lowest BCUT2D eigenvalue weighted by molar-refractivity contribution is -0.137. The van der Waals surface area contributed by atoms with Crippen molar-refractivity contribution in [2.45, 2.75) is 68.2 Å². The van der Waals surface area contributed by atoms with Crippen molar-refractivity contribution in [3.8, 4) is 0 Å². The van der Waals surface area contributed by atoms with Gasteiger partial charge in [-0.15, -0.1) is 0 Å². The highest BCUT2D eigenvalue weighted by Crippen LogP contribution is 2.33. The Kier molecular flexibility index (Phi) is 8.66. The first kappa shape index (κ1) is 31.2. The molecular formula is C32H32F4N4O4S. The van der Waals surface area contributed by atoms with Crippen LogP contribution in [0.25, 0.3) is 0 Å². The fourth-order valence-electron chi connectivity index (χ4n) is 6.12. The Labute approximate surface area is 258 Å². The van der Waals surface area contributed by atoms with Crippen molar-refractivity contribution in [1.29, 1.82) is 0 Å². The number of fused-ring (bicyclic) bond motifs is 1. The summed E-state index contributed by atoms with van der Waals surface area (Å²) in [4.78, 5) is 23.7. The largest absolute Gasteiger partial charge is 0.416 e. The molecule has 3 aliphatic rings. The molecule has 3 heterocycles. The van der Waals surface area contributed by atoms with Crippen LogP contribution >= 0.6 is 0 Å². The van der Waals surface area contributed by atoms with Crippen LogP contribution in [-0.4, -0.2) is 50.3 Å². The maximum atomic E-state index is 13.5. The summed E-state index contributed by atoms with van der Waals surface area (Å²) in [5, 5.41) is 0. The number of nitrogens with one attached hydrogen (secondary N) is 1. The Balaban J connectivity index is 0.938. The molecule has 13 heteroatoms. The number of hydrogen-bond acceptors (Lipinski definition) is 7. The minimum absolute atomic E-state index is 0.0284. The summed E-state index contributed by atoms with van der Waals surface area (Å²) in [6.07, 6.45) is 1.70. The van der Waals surface area contributed by atoms with E-state index in [1.165, 1.54) is 12.1 Å². The first-order valence-electron chi connectivity index (χ1n) is 14.9. The van der Waals surface area contributed by atoms with E-state index in [2.05, 4.69) is 14.9 Å². The highest BCUT2D eigenvalue weighted by atomic mass is 32.2. The van der Waals surface area contributed by atoms with Crippen LogP contribution in [0.3, 0.4) is 0 Å². The summed E-state index contributed by atoms with van der Waals surface area (Å²) < 4.78 is 85.4. The van der Waals surface area contributed by atoms with Crippen molar-refractivity contribution >= 4 is 33.1 Å². The second-order valence-corrected chi connectivity index (χ2v) is 13.4. The van der Waals surface area contributed by atoms with E-state index in [-0.39, 0.29) is 18.0 Å². The molecule has 238 valence electrons. The smallest absolute Gasteiger partial charge is 0.375 e. The van der Waals surface area contributed by atoms with Crippen LogP contribution in [0, 0.1) is 11.7 Å². The van der Waals surface area contributed by atoms with Gasteiger partial charge in [-0.1, -0.05) is 6.07 Å². The Morgan fingerprint density at radius 1 is 0.911 bits per heavy atom. The van der Waals surface area contributed by atoms with Gasteiger partial charge in [0.05, 0.1) is 34.1 Å². The zero-order chi connectivity index (χ0) is 31.8. The lowest BCUT2D eigenvalue weighted by Gasteiger charge is -2.36. The van der Waals surface area contributed by atoms with Crippen molar-refractivity contribution in [2.24, 2.45) is 10.9 Å². The van der Waals surface area contributed by atoms with Crippen molar-refractivity contribution in [3.05, 3.63) is 83.3 Å². The number of aliphatic imine (C=N–C) groups is 1. The second-order valence-electron chi connectivity index (χ2n) is 11.7. The zero-order valence-corrected chi connectivity index (χ0v) is 25.1. The van der Waals surface area contributed by atoms with E-state index < -0.39 is 38.5 Å². The quantitative estimate of drug-likeness (QED) is 0.319. The first-order valence-corrected chi connectivity index (χ1v) is 16.4. The predicted molar refractivity (Wildman–Crippen MR) is 159 cm³/mol. The molecular weight excluding hydrogens is 612 g/mol. The molecule has 1 saturated carbocycles. The number of sulfonamides is 1. The molecule has 6 rings (SSSR count). The number of halogens is 4. The topological polar surface area (TPSA) is 101 Å². The molecule has 2 aromatic carbocycles. The Bertz CT molecular complexity index is 1680. The minimum atomic E-state index is -4.59. The summed E-state index contributed by atoms with van der Waals surface area (Å²) in [6.45, 7) is 1.56. The maximum absolute atomic E-state index is 13.5. The van der Waals surface area contributed by atoms with E-state index in [1.807, 2.05) is 23.1 Å². The molecule has 0 atom stereocenters. The number of benzene rings is 2. The van der Waals surface area contributed by atoms with E-state index >= 15 is 0 Å². The number of alkyl halides is 3. The van der Waals surface area contributed by atoms with Gasteiger partial charge >= 0.3 is 6.18 Å². The third-order valence-electron chi connectivity index (χ3n) is 8.66. The van der Waals surface area contributed by atoms with Gasteiger partial charge in [0, 0.05) is 37.2 Å². The number of amides is 1. The average molecular weight is 645 g/mol. The van der Waals surface area contributed by atoms with Crippen LogP contribution in [0.15, 0.2) is 70.7 Å². The van der Waals surface area contributed by atoms with Gasteiger partial charge in [-0.3, -0.25) is 9.79 Å². The molecule has 8 nitrogen and oxygen atoms in total. The zero-order valence-electron chi connectivity index (χ0n) is 24.3. The lowest BCUT2D eigenvalue weighted by atomic mass is 9.87. The number of rotatable bonds is 7. The Hall–Kier alpha value is -3.84. The van der Waals surface area contributed by atoms with Crippen molar-refractivity contribution in [3.63, 3.8) is 0 Å². The normalized spacial score (nSPS) is 20.9. The molecule has 45 heavy (non-hydrogen) atoms. The average Bonchev–Trinajstić information content (AvgIpc) is 3.45. The van der Waals surface area contributed by atoms with Gasteiger partial charge in [0.25, 0.3) is 10.0 Å². The van der Waals surface area contributed by atoms with E-state index in [9.17, 15) is 30.8 Å². The summed E-state index contributed by atoms with van der Waals surface area (Å²) in [5.74, 6) is -0.601. The Morgan fingerprint density at radius 3 is 2.24 bits per heavy atom. The maximum Gasteiger partial charge on any atom is 0.416 e. The molecule has 1 N–H and O–H groups in total. The van der Waals surface area contributed by atoms with Gasteiger partial charge < -0.3 is 9.64 Å². The number of ether oxygens (including phenoxy) is 1. The van der Waals surface area contributed by atoms with Crippen LogP contribution < -0.4 is 9.62 Å². The number of pyridine rings is 1. The van der Waals surface area contributed by atoms with Gasteiger partial charge in [-0.05, 0) is 92.6 Å². The molecule has 0 unspecified atom stereocenters. The number of piperidine rings is 1. The molecule has 1 aliphatic carbocycles. The van der Waals surface area contributed by atoms with Crippen LogP contribution in [0.1, 0.15) is 55.2 Å². The number of hydrogen-bond donors (Lipinski definition) is 1. The lowest BCUT2D eigenvalue weighted by Crippen LogP contribution is -2.41. The monoisotopic (exact) mass is 644 g/mol. The van der Waals surface area contributed by atoms with Gasteiger partial charge in [0.15, 0.2) is 0 Å². The van der Waals surface area contributed by atoms with Crippen molar-refractivity contribution < 1.29 is 35.5 Å². The number of anilines is 1.